The molecule has 2 aromatic heterocycles. The van der Waals surface area contributed by atoms with E-state index in [0.717, 1.165) is 33.1 Å². The summed E-state index contributed by atoms with van der Waals surface area (Å²) in [5, 5.41) is 8.46. The first-order chi connectivity index (χ1) is 13.6. The molecule has 7 heteroatoms. The normalized spacial score (nSPS) is 11.1. The van der Waals surface area contributed by atoms with Crippen LogP contribution in [-0.2, 0) is 12.3 Å². The van der Waals surface area contributed by atoms with Crippen molar-refractivity contribution in [3.8, 4) is 5.75 Å². The molecule has 2 aromatic carbocycles. The largest absolute Gasteiger partial charge is 0.497 e. The van der Waals surface area contributed by atoms with Crippen molar-refractivity contribution in [1.29, 1.82) is 0 Å². The van der Waals surface area contributed by atoms with Crippen LogP contribution in [0.2, 0.25) is 0 Å². The summed E-state index contributed by atoms with van der Waals surface area (Å²) in [4.78, 5) is 5.79. The molecule has 0 amide bonds. The molecule has 4 rings (SSSR count). The van der Waals surface area contributed by atoms with Crippen molar-refractivity contribution in [2.45, 2.75) is 24.1 Å². The van der Waals surface area contributed by atoms with E-state index in [2.05, 4.69) is 37.9 Å². The van der Waals surface area contributed by atoms with E-state index < -0.39 is 0 Å². The van der Waals surface area contributed by atoms with Gasteiger partial charge in [0.1, 0.15) is 11.6 Å². The average molecular weight is 409 g/mol. The number of H-pyrrole nitrogens is 1. The van der Waals surface area contributed by atoms with Crippen molar-refractivity contribution in [3.05, 3.63) is 76.5 Å². The summed E-state index contributed by atoms with van der Waals surface area (Å²) in [5.41, 5.74) is 3.15. The Kier molecular flexibility index (Phi) is 5.45. The molecule has 5 nitrogen and oxygen atoms in total. The molecule has 0 unspecified atom stereocenters. The van der Waals surface area contributed by atoms with Crippen molar-refractivity contribution in [2.75, 3.05) is 7.11 Å². The van der Waals surface area contributed by atoms with Gasteiger partial charge in [0.15, 0.2) is 4.77 Å². The number of benzene rings is 2. The van der Waals surface area contributed by atoms with E-state index in [-0.39, 0.29) is 0 Å². The van der Waals surface area contributed by atoms with Gasteiger partial charge in [-0.25, -0.2) is 0 Å². The lowest BCUT2D eigenvalue weighted by atomic mass is 10.2. The number of aryl methyl sites for hydroxylation is 1. The fraction of sp³-hybridized carbons (Fsp3) is 0.190. The maximum absolute atomic E-state index is 5.44. The summed E-state index contributed by atoms with van der Waals surface area (Å²) in [5.74, 6) is 2.45. The number of methoxy groups -OCH3 is 1. The highest BCUT2D eigenvalue weighted by Gasteiger charge is 2.11. The molecule has 28 heavy (non-hydrogen) atoms. The fourth-order valence-electron chi connectivity index (χ4n) is 3.08. The zero-order valence-electron chi connectivity index (χ0n) is 15.7. The first-order valence-corrected chi connectivity index (χ1v) is 10.3. The van der Waals surface area contributed by atoms with Crippen LogP contribution in [0.25, 0.3) is 10.9 Å². The summed E-state index contributed by atoms with van der Waals surface area (Å²) in [6, 6.07) is 18.3. The second kappa shape index (κ2) is 8.16. The van der Waals surface area contributed by atoms with Gasteiger partial charge in [-0.3, -0.25) is 14.6 Å². The van der Waals surface area contributed by atoms with Crippen molar-refractivity contribution in [3.63, 3.8) is 0 Å². The van der Waals surface area contributed by atoms with Crippen molar-refractivity contribution in [2.24, 2.45) is 0 Å². The SMILES string of the molecule is COc1ccc2nc(C)cc(SCc3n[nH]c(=S)n3Cc3ccccc3)c2c1. The van der Waals surface area contributed by atoms with Crippen LogP contribution in [0, 0.1) is 11.7 Å². The number of ether oxygens (including phenoxy) is 1. The number of aromatic amines is 1. The minimum atomic E-state index is 0.636. The third-order valence-corrected chi connectivity index (χ3v) is 5.85. The first kappa shape index (κ1) is 18.7. The van der Waals surface area contributed by atoms with Crippen LogP contribution >= 0.6 is 24.0 Å². The zero-order chi connectivity index (χ0) is 19.5. The standard InChI is InChI=1S/C21H20N4OS2/c1-14-10-19(17-11-16(26-2)8-9-18(17)22-14)28-13-20-23-24-21(27)25(20)12-15-6-4-3-5-7-15/h3-11H,12-13H2,1-2H3,(H,24,27). The number of hydrogen-bond donors (Lipinski definition) is 1. The highest BCUT2D eigenvalue weighted by molar-refractivity contribution is 7.98. The Labute approximate surface area is 172 Å². The van der Waals surface area contributed by atoms with E-state index in [9.17, 15) is 0 Å². The van der Waals surface area contributed by atoms with Crippen LogP contribution in [0.4, 0.5) is 0 Å². The Morgan fingerprint density at radius 3 is 2.75 bits per heavy atom. The van der Waals surface area contributed by atoms with Gasteiger partial charge in [0.25, 0.3) is 0 Å². The molecule has 0 atom stereocenters. The van der Waals surface area contributed by atoms with Gasteiger partial charge in [-0.15, -0.1) is 11.8 Å². The van der Waals surface area contributed by atoms with Crippen molar-refractivity contribution >= 4 is 34.9 Å². The molecule has 0 radical (unpaired) electrons. The molecular formula is C21H20N4OS2. The van der Waals surface area contributed by atoms with Crippen LogP contribution in [0.5, 0.6) is 5.75 Å². The lowest BCUT2D eigenvalue weighted by Gasteiger charge is -2.10. The number of fused-ring (bicyclic) bond motifs is 1. The quantitative estimate of drug-likeness (QED) is 0.353. The number of pyridine rings is 1. The molecular weight excluding hydrogens is 388 g/mol. The maximum atomic E-state index is 5.44. The molecule has 0 fully saturated rings. The number of hydrogen-bond acceptors (Lipinski definition) is 5. The number of nitrogens with one attached hydrogen (secondary N) is 1. The number of rotatable bonds is 6. The van der Waals surface area contributed by atoms with E-state index in [4.69, 9.17) is 17.0 Å². The van der Waals surface area contributed by atoms with Crippen molar-refractivity contribution in [1.82, 2.24) is 19.7 Å². The van der Waals surface area contributed by atoms with E-state index >= 15 is 0 Å². The van der Waals surface area contributed by atoms with E-state index in [1.54, 1.807) is 18.9 Å². The second-order valence-electron chi connectivity index (χ2n) is 6.45. The summed E-state index contributed by atoms with van der Waals surface area (Å²) in [6.07, 6.45) is 0. The Bertz CT molecular complexity index is 1170. The number of aromatic nitrogens is 4. The van der Waals surface area contributed by atoms with Crippen LogP contribution in [-0.4, -0.2) is 26.9 Å². The molecule has 0 aliphatic rings. The van der Waals surface area contributed by atoms with Crippen molar-refractivity contribution < 1.29 is 4.74 Å². The van der Waals surface area contributed by atoms with Gasteiger partial charge in [-0.05, 0) is 49.0 Å². The van der Waals surface area contributed by atoms with Gasteiger partial charge < -0.3 is 4.74 Å². The van der Waals surface area contributed by atoms with Gasteiger partial charge in [-0.2, -0.15) is 5.10 Å². The minimum Gasteiger partial charge on any atom is -0.497 e. The predicted octanol–water partition coefficient (Wildman–Crippen LogP) is 5.15. The second-order valence-corrected chi connectivity index (χ2v) is 7.85. The van der Waals surface area contributed by atoms with Gasteiger partial charge in [0, 0.05) is 16.0 Å². The van der Waals surface area contributed by atoms with Gasteiger partial charge in [-0.1, -0.05) is 30.3 Å². The topological polar surface area (TPSA) is 55.7 Å². The molecule has 2 heterocycles. The Morgan fingerprint density at radius 2 is 1.96 bits per heavy atom. The summed E-state index contributed by atoms with van der Waals surface area (Å²) >= 11 is 7.17. The highest BCUT2D eigenvalue weighted by atomic mass is 32.2. The molecule has 0 saturated heterocycles. The van der Waals surface area contributed by atoms with E-state index in [0.29, 0.717) is 17.1 Å². The predicted molar refractivity (Wildman–Crippen MR) is 116 cm³/mol. The molecule has 1 N–H and O–H groups in total. The van der Waals surface area contributed by atoms with Crippen LogP contribution < -0.4 is 4.74 Å². The average Bonchev–Trinajstić information content (AvgIpc) is 3.06. The molecule has 0 aliphatic heterocycles. The molecule has 0 saturated carbocycles. The van der Waals surface area contributed by atoms with Gasteiger partial charge in [0.05, 0.1) is 24.9 Å². The lowest BCUT2D eigenvalue weighted by molar-refractivity contribution is 0.415. The minimum absolute atomic E-state index is 0.636. The zero-order valence-corrected chi connectivity index (χ0v) is 17.3. The van der Waals surface area contributed by atoms with Crippen LogP contribution in [0.1, 0.15) is 17.1 Å². The van der Waals surface area contributed by atoms with Gasteiger partial charge >= 0.3 is 0 Å². The smallest absolute Gasteiger partial charge is 0.195 e. The summed E-state index contributed by atoms with van der Waals surface area (Å²) < 4.78 is 8.07. The highest BCUT2D eigenvalue weighted by Crippen LogP contribution is 2.32. The first-order valence-electron chi connectivity index (χ1n) is 8.90. The number of nitrogens with zero attached hydrogens (tertiary/aromatic N) is 3. The molecule has 142 valence electrons. The lowest BCUT2D eigenvalue weighted by Crippen LogP contribution is -2.04. The monoisotopic (exact) mass is 408 g/mol. The van der Waals surface area contributed by atoms with E-state index in [1.807, 2.05) is 43.3 Å². The molecule has 4 aromatic rings. The van der Waals surface area contributed by atoms with Gasteiger partial charge in [0.2, 0.25) is 0 Å². The summed E-state index contributed by atoms with van der Waals surface area (Å²) in [7, 11) is 1.68. The summed E-state index contributed by atoms with van der Waals surface area (Å²) in [6.45, 7) is 2.72. The third-order valence-electron chi connectivity index (χ3n) is 4.48. The van der Waals surface area contributed by atoms with E-state index in [1.165, 1.54) is 5.56 Å². The molecule has 0 bridgehead atoms. The fourth-order valence-corrected chi connectivity index (χ4v) is 4.37. The Hall–Kier alpha value is -2.64. The molecule has 0 aliphatic carbocycles. The number of thioether (sulfide) groups is 1. The third kappa shape index (κ3) is 3.95. The van der Waals surface area contributed by atoms with Crippen LogP contribution in [0.3, 0.4) is 0 Å². The maximum Gasteiger partial charge on any atom is 0.195 e. The molecule has 0 spiro atoms. The Balaban J connectivity index is 1.63. The Morgan fingerprint density at radius 1 is 1.14 bits per heavy atom. The van der Waals surface area contributed by atoms with Crippen LogP contribution in [0.15, 0.2) is 59.5 Å².